The largest absolute Gasteiger partial charge is 0.480 e. The number of nitrogens with two attached hydrogens (primary N) is 13. The van der Waals surface area contributed by atoms with Crippen LogP contribution in [0.4, 0.5) is 5.82 Å². The van der Waals surface area contributed by atoms with Gasteiger partial charge in [-0.15, -0.1) is 0 Å². The van der Waals surface area contributed by atoms with Crippen LogP contribution in [0, 0.1) is 0 Å². The van der Waals surface area contributed by atoms with Crippen molar-refractivity contribution in [2.45, 2.75) is 196 Å². The summed E-state index contributed by atoms with van der Waals surface area (Å²) in [5, 5.41) is 50.0. The Balaban J connectivity index is 1.73. The number of carboxylic acids is 1. The SMILES string of the molecule is NC(N)=NCCC[C@H](NC(=O)[C@H](CCCN=C(N)N)NC(=O)[C@H](CCCN=C(N)N)NC(=O)[C@H](CCCN=C(N)N)NC(=O)[C@H](CCCN=C(N)N)NC(=O)[C@H](CCCN=C(N)N)NC(=O)CCCCCCCCCCNC(=O)[C@H]1O[C@@H](n2cnc3c(N)ncnc32)[C@H](O)[C@@H]1O)C(=O)O. The third-order valence-corrected chi connectivity index (χ3v) is 15.3. The number of carbonyl (C=O) groups is 8. The molecule has 3 heterocycles. The number of aliphatic carboxylic acids is 1. The van der Waals surface area contributed by atoms with Crippen LogP contribution < -0.4 is 112 Å². The molecule has 1 fully saturated rings. The van der Waals surface area contributed by atoms with Crippen LogP contribution in [0.15, 0.2) is 42.6 Å². The van der Waals surface area contributed by atoms with Gasteiger partial charge in [0.05, 0.1) is 6.33 Å². The van der Waals surface area contributed by atoms with Gasteiger partial charge < -0.3 is 132 Å². The maximum absolute atomic E-state index is 14.6. The number of nitrogen functional groups attached to an aromatic ring is 1. The first-order valence-electron chi connectivity index (χ1n) is 32.7. The lowest BCUT2D eigenvalue weighted by atomic mass is 10.0. The minimum atomic E-state index is -1.51. The molecule has 1 aliphatic heterocycles. The molecule has 99 heavy (non-hydrogen) atoms. The van der Waals surface area contributed by atoms with Gasteiger partial charge in [0.15, 0.2) is 59.6 Å². The minimum absolute atomic E-state index is 0.0118. The van der Waals surface area contributed by atoms with Crippen molar-refractivity contribution >= 4 is 100 Å². The van der Waals surface area contributed by atoms with E-state index < -0.39 is 108 Å². The van der Waals surface area contributed by atoms with Crippen molar-refractivity contribution < 1.29 is 58.4 Å². The summed E-state index contributed by atoms with van der Waals surface area (Å²) in [4.78, 5) is 146. The van der Waals surface area contributed by atoms with Crippen molar-refractivity contribution in [3.63, 3.8) is 0 Å². The molecule has 3 rings (SSSR count). The number of anilines is 1. The van der Waals surface area contributed by atoms with E-state index in [-0.39, 0.29) is 175 Å². The number of carboxylic acid groups (broad SMARTS) is 1. The van der Waals surface area contributed by atoms with Gasteiger partial charge >= 0.3 is 5.97 Å². The molecule has 0 aromatic carbocycles. The molecule has 554 valence electrons. The maximum atomic E-state index is 14.6. The molecule has 0 saturated carbocycles. The average molecular weight is 1400 g/mol. The molecule has 42 heteroatoms. The Bertz CT molecular complexity index is 3080. The Labute approximate surface area is 572 Å². The highest BCUT2D eigenvalue weighted by Crippen LogP contribution is 2.32. The molecule has 2 aromatic rings. The Morgan fingerprint density at radius 2 is 0.778 bits per heavy atom. The number of imidazole rings is 1. The normalized spacial score (nSPS) is 16.5. The van der Waals surface area contributed by atoms with Gasteiger partial charge in [-0.2, -0.15) is 0 Å². The van der Waals surface area contributed by atoms with E-state index in [4.69, 9.17) is 79.3 Å². The Hall–Kier alpha value is -10.4. The van der Waals surface area contributed by atoms with Crippen LogP contribution in [0.25, 0.3) is 11.2 Å². The lowest BCUT2D eigenvalue weighted by molar-refractivity contribution is -0.142. The molecule has 0 radical (unpaired) electrons. The Kier molecular flexibility index (Phi) is 37.8. The molecule has 0 spiro atoms. The van der Waals surface area contributed by atoms with Crippen LogP contribution in [0.2, 0.25) is 0 Å². The fourth-order valence-electron chi connectivity index (χ4n) is 10.2. The summed E-state index contributed by atoms with van der Waals surface area (Å²) in [5.41, 5.74) is 72.7. The fourth-order valence-corrected chi connectivity index (χ4v) is 10.2. The highest BCUT2D eigenvalue weighted by atomic mass is 16.6. The molecule has 42 nitrogen and oxygen atoms in total. The van der Waals surface area contributed by atoms with E-state index in [9.17, 15) is 53.7 Å². The molecule has 0 aliphatic carbocycles. The predicted molar refractivity (Wildman–Crippen MR) is 369 cm³/mol. The third kappa shape index (κ3) is 32.5. The highest BCUT2D eigenvalue weighted by Gasteiger charge is 2.48. The highest BCUT2D eigenvalue weighted by molar-refractivity contribution is 5.97. The number of guanidine groups is 6. The molecule has 0 bridgehead atoms. The number of nitrogens with one attached hydrogen (secondary N) is 7. The number of aliphatic hydroxyl groups is 2. The fraction of sp³-hybridized carbons (Fsp3) is 0.667. The number of aliphatic imine (C=N–C) groups is 6. The molecule has 10 atom stereocenters. The summed E-state index contributed by atoms with van der Waals surface area (Å²) in [7, 11) is 0. The summed E-state index contributed by atoms with van der Waals surface area (Å²) in [6.45, 7) is 0.460. The molecule has 2 aromatic heterocycles. The standard InChI is InChI=1S/C57H104N30O12/c58-42-38-43(79-29-78-42)87(30-80-38)50-40(90)39(89)41(99-50)49(96)71-22-8-6-4-2-1-3-5-7-21-37(88)81-31(15-9-23-72-52(59)60)44(91)82-32(16-10-24-73-53(61)62)45(92)83-33(17-11-25-74-54(63)64)46(93)84-34(18-12-26-75-55(65)66)47(94)85-35(19-13-27-76-56(67)68)48(95)86-36(51(97)98)20-14-28-77-57(69)70/h29-36,39-41,50,89-90H,1-28H2,(H,71,96)(H,81,88)(H,82,91)(H,83,92)(H,84,93)(H,85,94)(H,86,95)(H,97,98)(H2,58,78,79)(H4,59,60,72)(H4,61,62,73)(H4,63,64,74)(H4,65,66,75)(H4,67,68,76)(H4,69,70,77)/t31-,32-,33-,34-,35-,36-,39-,40+,41-,50+/m0/s1. The van der Waals surface area contributed by atoms with Crippen molar-refractivity contribution in [1.82, 2.24) is 56.7 Å². The summed E-state index contributed by atoms with van der Waals surface area (Å²) >= 11 is 0. The van der Waals surface area contributed by atoms with Crippen LogP contribution in [0.1, 0.15) is 141 Å². The van der Waals surface area contributed by atoms with Crippen LogP contribution in [-0.2, 0) is 43.1 Å². The van der Waals surface area contributed by atoms with Gasteiger partial charge in [0.2, 0.25) is 35.4 Å². The lowest BCUT2D eigenvalue weighted by Crippen LogP contribution is -2.59. The number of amides is 7. The van der Waals surface area contributed by atoms with Gasteiger partial charge in [0, 0.05) is 52.2 Å². The van der Waals surface area contributed by atoms with E-state index >= 15 is 0 Å². The summed E-state index contributed by atoms with van der Waals surface area (Å²) in [6, 6.07) is -8.39. The van der Waals surface area contributed by atoms with Gasteiger partial charge in [-0.25, -0.2) is 19.7 Å². The number of fused-ring (bicyclic) bond motifs is 1. The van der Waals surface area contributed by atoms with Crippen molar-refractivity contribution in [2.75, 3.05) is 51.5 Å². The number of ether oxygens (including phenoxy) is 1. The number of unbranched alkanes of at least 4 members (excludes halogenated alkanes) is 7. The molecule has 1 saturated heterocycles. The summed E-state index contributed by atoms with van der Waals surface area (Å²) < 4.78 is 7.15. The van der Waals surface area contributed by atoms with Crippen molar-refractivity contribution in [2.24, 2.45) is 98.8 Å². The quantitative estimate of drug-likeness (QED) is 0.0166. The molecular weight excluding hydrogens is 1300 g/mol. The van der Waals surface area contributed by atoms with E-state index in [0.29, 0.717) is 25.8 Å². The second-order valence-electron chi connectivity index (χ2n) is 23.3. The zero-order valence-electron chi connectivity index (χ0n) is 55.7. The number of nitrogens with zero attached hydrogens (tertiary/aromatic N) is 10. The van der Waals surface area contributed by atoms with Gasteiger partial charge in [-0.05, 0) is 89.9 Å². The molecule has 1 aliphatic rings. The van der Waals surface area contributed by atoms with Crippen LogP contribution in [0.3, 0.4) is 0 Å². The predicted octanol–water partition coefficient (Wildman–Crippen LogP) is -8.03. The number of rotatable bonds is 49. The van der Waals surface area contributed by atoms with E-state index in [1.165, 1.54) is 17.2 Å². The van der Waals surface area contributed by atoms with Crippen LogP contribution in [-0.4, -0.2) is 218 Å². The number of aliphatic hydroxyl groups excluding tert-OH is 2. The summed E-state index contributed by atoms with van der Waals surface area (Å²) in [6.07, 6.45) is 3.38. The van der Waals surface area contributed by atoms with Gasteiger partial charge in [-0.3, -0.25) is 68.1 Å². The number of aromatic nitrogens is 4. The van der Waals surface area contributed by atoms with Crippen molar-refractivity contribution in [1.29, 1.82) is 0 Å². The van der Waals surface area contributed by atoms with E-state index in [1.807, 2.05) is 0 Å². The molecule has 0 unspecified atom stereocenters. The van der Waals surface area contributed by atoms with Gasteiger partial charge in [0.25, 0.3) is 5.91 Å². The first-order chi connectivity index (χ1) is 47.1. The third-order valence-electron chi connectivity index (χ3n) is 15.3. The van der Waals surface area contributed by atoms with E-state index in [0.717, 1.165) is 32.1 Å². The minimum Gasteiger partial charge on any atom is -0.480 e. The monoisotopic (exact) mass is 1400 g/mol. The average Bonchev–Trinajstić information content (AvgIpc) is 1.62. The van der Waals surface area contributed by atoms with Crippen molar-refractivity contribution in [3.8, 4) is 0 Å². The van der Waals surface area contributed by atoms with Gasteiger partial charge in [0.1, 0.15) is 60.3 Å². The number of carbonyl (C=O) groups excluding carboxylic acids is 7. The van der Waals surface area contributed by atoms with Crippen LogP contribution >= 0.6 is 0 Å². The van der Waals surface area contributed by atoms with Crippen LogP contribution in [0.5, 0.6) is 0 Å². The first-order valence-corrected chi connectivity index (χ1v) is 32.7. The lowest BCUT2D eigenvalue weighted by Gasteiger charge is -2.27. The molecule has 36 N–H and O–H groups in total. The van der Waals surface area contributed by atoms with Gasteiger partial charge in [-0.1, -0.05) is 38.5 Å². The molecule has 7 amide bonds. The zero-order chi connectivity index (χ0) is 73.4. The first kappa shape index (κ1) is 82.8. The second kappa shape index (κ2) is 45.2. The number of hydrogen-bond donors (Lipinski definition) is 23. The Morgan fingerprint density at radius 3 is 1.14 bits per heavy atom. The Morgan fingerprint density at radius 1 is 0.444 bits per heavy atom. The van der Waals surface area contributed by atoms with E-state index in [1.54, 1.807) is 0 Å². The maximum Gasteiger partial charge on any atom is 0.326 e. The number of hydrogen-bond acceptors (Lipinski definition) is 21. The second-order valence-corrected chi connectivity index (χ2v) is 23.3. The summed E-state index contributed by atoms with van der Waals surface area (Å²) in [5.74, 6) is -8.09. The zero-order valence-corrected chi connectivity index (χ0v) is 55.7. The topological polar surface area (TPSA) is 747 Å². The smallest absolute Gasteiger partial charge is 0.326 e. The van der Waals surface area contributed by atoms with Crippen molar-refractivity contribution in [3.05, 3.63) is 12.7 Å². The molecular formula is C57H104N30O12. The van der Waals surface area contributed by atoms with E-state index in [2.05, 4.69) is 82.1 Å².